The largest absolute Gasteiger partial charge is 0.392 e. The topological polar surface area (TPSA) is 55.8 Å². The second-order valence-corrected chi connectivity index (χ2v) is 6.97. The van der Waals surface area contributed by atoms with Crippen LogP contribution in [-0.4, -0.2) is 61.3 Å². The number of aliphatic hydroxyl groups is 1. The van der Waals surface area contributed by atoms with E-state index in [1.807, 2.05) is 25.1 Å². The molecule has 1 saturated heterocycles. The molecule has 5 heteroatoms. The highest BCUT2D eigenvalue weighted by Gasteiger charge is 2.28. The van der Waals surface area contributed by atoms with Crippen LogP contribution >= 0.6 is 0 Å². The molecule has 2 unspecified atom stereocenters. The van der Waals surface area contributed by atoms with Crippen molar-refractivity contribution in [2.75, 3.05) is 38.1 Å². The predicted molar refractivity (Wildman–Crippen MR) is 103 cm³/mol. The van der Waals surface area contributed by atoms with Gasteiger partial charge < -0.3 is 15.3 Å². The Balaban J connectivity index is 1.68. The Hall–Kier alpha value is -1.59. The second kappa shape index (κ2) is 10.4. The van der Waals surface area contributed by atoms with Crippen molar-refractivity contribution in [2.45, 2.75) is 51.2 Å². The van der Waals surface area contributed by atoms with E-state index in [0.29, 0.717) is 13.1 Å². The van der Waals surface area contributed by atoms with E-state index in [2.05, 4.69) is 34.3 Å². The number of rotatable bonds is 9. The van der Waals surface area contributed by atoms with Gasteiger partial charge in [0, 0.05) is 31.9 Å². The van der Waals surface area contributed by atoms with E-state index in [1.165, 1.54) is 5.69 Å². The van der Waals surface area contributed by atoms with E-state index in [9.17, 15) is 9.90 Å². The molecule has 0 bridgehead atoms. The fraction of sp³-hybridized carbons (Fsp3) is 0.650. The highest BCUT2D eigenvalue weighted by atomic mass is 16.3. The van der Waals surface area contributed by atoms with Crippen LogP contribution < -0.4 is 10.2 Å². The molecule has 1 heterocycles. The van der Waals surface area contributed by atoms with Crippen LogP contribution in [0, 0.1) is 0 Å². The summed E-state index contributed by atoms with van der Waals surface area (Å²) in [5, 5.41) is 13.2. The van der Waals surface area contributed by atoms with Crippen molar-refractivity contribution < 1.29 is 9.90 Å². The molecule has 2 rings (SSSR count). The molecule has 0 spiro atoms. The van der Waals surface area contributed by atoms with Gasteiger partial charge in [-0.15, -0.1) is 0 Å². The van der Waals surface area contributed by atoms with Gasteiger partial charge in [0.2, 0.25) is 5.91 Å². The summed E-state index contributed by atoms with van der Waals surface area (Å²) in [5.74, 6) is 0.0672. The van der Waals surface area contributed by atoms with Gasteiger partial charge in [-0.25, -0.2) is 0 Å². The maximum atomic E-state index is 12.2. The first-order valence-electron chi connectivity index (χ1n) is 9.56. The van der Waals surface area contributed by atoms with E-state index < -0.39 is 0 Å². The van der Waals surface area contributed by atoms with Crippen LogP contribution in [0.3, 0.4) is 0 Å². The summed E-state index contributed by atoms with van der Waals surface area (Å²) >= 11 is 0. The molecule has 0 radical (unpaired) electrons. The van der Waals surface area contributed by atoms with Crippen molar-refractivity contribution in [2.24, 2.45) is 0 Å². The zero-order valence-electron chi connectivity index (χ0n) is 15.7. The number of hydrogen-bond donors (Lipinski definition) is 2. The maximum absolute atomic E-state index is 12.2. The van der Waals surface area contributed by atoms with Crippen molar-refractivity contribution in [3.05, 3.63) is 30.3 Å². The third kappa shape index (κ3) is 6.33. The first-order valence-corrected chi connectivity index (χ1v) is 9.56. The zero-order valence-corrected chi connectivity index (χ0v) is 15.7. The third-order valence-corrected chi connectivity index (χ3v) is 5.06. The average molecular weight is 348 g/mol. The Bertz CT molecular complexity index is 509. The number of amides is 1. The Morgan fingerprint density at radius 2 is 2.12 bits per heavy atom. The number of para-hydroxylation sites is 1. The molecule has 0 aromatic heterocycles. The van der Waals surface area contributed by atoms with Gasteiger partial charge in [0.05, 0.1) is 12.6 Å². The first kappa shape index (κ1) is 19.7. The molecule has 0 saturated carbocycles. The van der Waals surface area contributed by atoms with Crippen molar-refractivity contribution in [3.63, 3.8) is 0 Å². The summed E-state index contributed by atoms with van der Waals surface area (Å²) in [4.78, 5) is 16.6. The number of likely N-dealkylation sites (tertiary alicyclic amines) is 1. The number of nitrogens with zero attached hydrogens (tertiary/aromatic N) is 2. The number of carbonyl (C=O) groups is 1. The summed E-state index contributed by atoms with van der Waals surface area (Å²) in [5.41, 5.74) is 1.19. The quantitative estimate of drug-likeness (QED) is 0.673. The van der Waals surface area contributed by atoms with E-state index in [4.69, 9.17) is 0 Å². The normalized spacial score (nSPS) is 19.4. The molecule has 0 aliphatic carbocycles. The molecule has 140 valence electrons. The number of benzene rings is 1. The molecule has 2 atom stereocenters. The van der Waals surface area contributed by atoms with Gasteiger partial charge in [-0.2, -0.15) is 0 Å². The third-order valence-electron chi connectivity index (χ3n) is 5.06. The summed E-state index contributed by atoms with van der Waals surface area (Å²) in [6.45, 7) is 4.90. The molecule has 1 amide bonds. The van der Waals surface area contributed by atoms with Crippen molar-refractivity contribution in [1.29, 1.82) is 0 Å². The van der Waals surface area contributed by atoms with Gasteiger partial charge in [0.1, 0.15) is 0 Å². The van der Waals surface area contributed by atoms with Gasteiger partial charge in [-0.1, -0.05) is 31.5 Å². The molecule has 1 aliphatic rings. The van der Waals surface area contributed by atoms with Gasteiger partial charge in [0.15, 0.2) is 0 Å². The van der Waals surface area contributed by atoms with E-state index in [0.717, 1.165) is 45.2 Å². The van der Waals surface area contributed by atoms with Crippen LogP contribution in [0.15, 0.2) is 30.3 Å². The molecule has 1 aromatic rings. The molecule has 5 nitrogen and oxygen atoms in total. The smallest absolute Gasteiger partial charge is 0.234 e. The lowest BCUT2D eigenvalue weighted by Crippen LogP contribution is -2.50. The minimum atomic E-state index is -0.326. The number of anilines is 1. The van der Waals surface area contributed by atoms with Crippen LogP contribution in [0.5, 0.6) is 0 Å². The molecule has 2 N–H and O–H groups in total. The second-order valence-electron chi connectivity index (χ2n) is 6.97. The predicted octanol–water partition coefficient (Wildman–Crippen LogP) is 2.25. The first-order chi connectivity index (χ1) is 12.1. The zero-order chi connectivity index (χ0) is 18.1. The summed E-state index contributed by atoms with van der Waals surface area (Å²) in [6.07, 6.45) is 4.58. The van der Waals surface area contributed by atoms with E-state index in [1.54, 1.807) is 0 Å². The number of piperidine rings is 1. The Kier molecular flexibility index (Phi) is 8.22. The van der Waals surface area contributed by atoms with E-state index in [-0.39, 0.29) is 18.1 Å². The van der Waals surface area contributed by atoms with E-state index >= 15 is 0 Å². The Morgan fingerprint density at radius 3 is 2.84 bits per heavy atom. The maximum Gasteiger partial charge on any atom is 0.234 e. The van der Waals surface area contributed by atoms with Crippen molar-refractivity contribution in [3.8, 4) is 0 Å². The van der Waals surface area contributed by atoms with Gasteiger partial charge in [-0.05, 0) is 44.4 Å². The van der Waals surface area contributed by atoms with Crippen LogP contribution in [0.25, 0.3) is 0 Å². The monoisotopic (exact) mass is 347 g/mol. The molecule has 1 aliphatic heterocycles. The highest BCUT2D eigenvalue weighted by Crippen LogP contribution is 2.20. The van der Waals surface area contributed by atoms with Gasteiger partial charge in [-0.3, -0.25) is 9.69 Å². The van der Waals surface area contributed by atoms with Gasteiger partial charge >= 0.3 is 0 Å². The molecular formula is C20H33N3O2. The minimum absolute atomic E-state index is 0.0672. The fourth-order valence-corrected chi connectivity index (χ4v) is 3.52. The van der Waals surface area contributed by atoms with Gasteiger partial charge in [0.25, 0.3) is 0 Å². The molecule has 25 heavy (non-hydrogen) atoms. The standard InChI is InChI=1S/C20H33N3O2/c1-3-19(24)18-12-7-8-15-23(18)16-20(25)21-13-9-14-22(2)17-10-5-4-6-11-17/h4-6,10-11,18-19,24H,3,7-9,12-16H2,1-2H3,(H,21,25). The number of carbonyl (C=O) groups excluding carboxylic acids is 1. The van der Waals surface area contributed by atoms with Crippen molar-refractivity contribution in [1.82, 2.24) is 10.2 Å². The number of nitrogens with one attached hydrogen (secondary N) is 1. The fourth-order valence-electron chi connectivity index (χ4n) is 3.52. The minimum Gasteiger partial charge on any atom is -0.392 e. The molecule has 1 fully saturated rings. The summed E-state index contributed by atoms with van der Waals surface area (Å²) < 4.78 is 0. The molecular weight excluding hydrogens is 314 g/mol. The number of hydrogen-bond acceptors (Lipinski definition) is 4. The summed E-state index contributed by atoms with van der Waals surface area (Å²) in [7, 11) is 2.07. The summed E-state index contributed by atoms with van der Waals surface area (Å²) in [6, 6.07) is 10.4. The van der Waals surface area contributed by atoms with Crippen LogP contribution in [-0.2, 0) is 4.79 Å². The lowest BCUT2D eigenvalue weighted by atomic mass is 9.96. The lowest BCUT2D eigenvalue weighted by Gasteiger charge is -2.37. The van der Waals surface area contributed by atoms with Crippen LogP contribution in [0.1, 0.15) is 39.0 Å². The highest BCUT2D eigenvalue weighted by molar-refractivity contribution is 5.78. The lowest BCUT2D eigenvalue weighted by molar-refractivity contribution is -0.124. The molecule has 1 aromatic carbocycles. The number of aliphatic hydroxyl groups excluding tert-OH is 1. The van der Waals surface area contributed by atoms with Crippen molar-refractivity contribution >= 4 is 11.6 Å². The average Bonchev–Trinajstić information content (AvgIpc) is 2.65. The Morgan fingerprint density at radius 1 is 1.36 bits per heavy atom. The van der Waals surface area contributed by atoms with Crippen LogP contribution in [0.2, 0.25) is 0 Å². The van der Waals surface area contributed by atoms with Crippen LogP contribution in [0.4, 0.5) is 5.69 Å². The SMILES string of the molecule is CCC(O)C1CCCCN1CC(=O)NCCCN(C)c1ccccc1. The Labute approximate surface area is 152 Å².